The number of benzene rings is 1. The zero-order chi connectivity index (χ0) is 24.3. The molecule has 0 unspecified atom stereocenters. The number of hydrogen-bond donors (Lipinski definition) is 7. The van der Waals surface area contributed by atoms with E-state index in [4.69, 9.17) is 16.3 Å². The first-order valence-corrected chi connectivity index (χ1v) is 11.1. The molecule has 1 saturated heterocycles. The minimum Gasteiger partial charge on any atom is -0.370 e. The smallest absolute Gasteiger partial charge is 0.270 e. The number of aliphatic imine (C=N–C) groups is 2. The highest BCUT2D eigenvalue weighted by Gasteiger charge is 2.74. The lowest BCUT2D eigenvalue weighted by Gasteiger charge is -2.48. The van der Waals surface area contributed by atoms with Crippen LogP contribution in [0.4, 0.5) is 0 Å². The summed E-state index contributed by atoms with van der Waals surface area (Å²) in [6, 6.07) is 1.96. The Balaban J connectivity index is 1.48. The van der Waals surface area contributed by atoms with Crippen molar-refractivity contribution >= 4 is 23.7 Å². The van der Waals surface area contributed by atoms with E-state index in [1.807, 2.05) is 12.1 Å². The SMILES string of the molecule is CONC(=O)[C@@H]1N=C(N)N2C[C@H](NC(=O)c3cccc4c3CCCC4)C(O)(O)[C@@]23NC(N)=N[C@@H]13. The van der Waals surface area contributed by atoms with Crippen LogP contribution in [0.3, 0.4) is 0 Å². The first kappa shape index (κ1) is 22.4. The molecular weight excluding hydrogens is 444 g/mol. The molecule has 0 bridgehead atoms. The molecule has 0 saturated carbocycles. The number of fused-ring (bicyclic) bond motifs is 1. The quantitative estimate of drug-likeness (QED) is 0.176. The number of amides is 2. The summed E-state index contributed by atoms with van der Waals surface area (Å²) >= 11 is 0. The summed E-state index contributed by atoms with van der Waals surface area (Å²) in [7, 11) is 1.26. The van der Waals surface area contributed by atoms with Gasteiger partial charge in [0.2, 0.25) is 5.79 Å². The van der Waals surface area contributed by atoms with Crippen molar-refractivity contribution in [1.82, 2.24) is 21.0 Å². The van der Waals surface area contributed by atoms with Crippen molar-refractivity contribution in [3.8, 4) is 0 Å². The van der Waals surface area contributed by atoms with Crippen molar-refractivity contribution in [2.75, 3.05) is 13.7 Å². The van der Waals surface area contributed by atoms with Gasteiger partial charge in [0.25, 0.3) is 11.8 Å². The second kappa shape index (κ2) is 7.82. The summed E-state index contributed by atoms with van der Waals surface area (Å²) in [6.07, 6.45) is 3.75. The Kier molecular flexibility index (Phi) is 5.15. The molecule has 34 heavy (non-hydrogen) atoms. The summed E-state index contributed by atoms with van der Waals surface area (Å²) < 4.78 is 0. The van der Waals surface area contributed by atoms with Crippen molar-refractivity contribution in [2.24, 2.45) is 21.5 Å². The Labute approximate surface area is 195 Å². The van der Waals surface area contributed by atoms with Crippen LogP contribution in [0.5, 0.6) is 0 Å². The Hall–Kier alpha value is -3.42. The van der Waals surface area contributed by atoms with Gasteiger partial charge in [-0.2, -0.15) is 0 Å². The number of carbonyl (C=O) groups is 2. The molecule has 13 heteroatoms. The summed E-state index contributed by atoms with van der Waals surface area (Å²) in [5.41, 5.74) is 15.0. The van der Waals surface area contributed by atoms with Crippen molar-refractivity contribution in [2.45, 2.75) is 55.3 Å². The highest BCUT2D eigenvalue weighted by Crippen LogP contribution is 2.44. The van der Waals surface area contributed by atoms with Crippen molar-refractivity contribution in [1.29, 1.82) is 0 Å². The lowest BCUT2D eigenvalue weighted by atomic mass is 9.84. The van der Waals surface area contributed by atoms with Crippen LogP contribution in [-0.2, 0) is 22.5 Å². The lowest BCUT2D eigenvalue weighted by Crippen LogP contribution is -2.78. The normalized spacial score (nSPS) is 30.8. The molecule has 1 aromatic carbocycles. The fourth-order valence-corrected chi connectivity index (χ4v) is 5.60. The third kappa shape index (κ3) is 3.04. The van der Waals surface area contributed by atoms with E-state index >= 15 is 0 Å². The molecule has 3 heterocycles. The number of nitrogens with zero attached hydrogens (tertiary/aromatic N) is 3. The van der Waals surface area contributed by atoms with E-state index in [2.05, 4.69) is 26.1 Å². The number of hydrogen-bond acceptors (Lipinski definition) is 11. The monoisotopic (exact) mass is 472 g/mol. The van der Waals surface area contributed by atoms with E-state index in [1.165, 1.54) is 12.0 Å². The number of carbonyl (C=O) groups excluding carboxylic acids is 2. The number of nitrogens with one attached hydrogen (secondary N) is 3. The second-order valence-corrected chi connectivity index (χ2v) is 8.97. The molecule has 2 amide bonds. The molecule has 182 valence electrons. The predicted molar refractivity (Wildman–Crippen MR) is 120 cm³/mol. The maximum atomic E-state index is 13.3. The fraction of sp³-hybridized carbons (Fsp3) is 0.524. The van der Waals surface area contributed by atoms with E-state index in [9.17, 15) is 19.8 Å². The van der Waals surface area contributed by atoms with Crippen LogP contribution in [0.2, 0.25) is 0 Å². The highest BCUT2D eigenvalue weighted by molar-refractivity contribution is 5.97. The Morgan fingerprint density at radius 3 is 2.76 bits per heavy atom. The topological polar surface area (TPSA) is 200 Å². The molecule has 4 atom stereocenters. The molecule has 4 aliphatic rings. The number of guanidine groups is 2. The minimum atomic E-state index is -2.63. The van der Waals surface area contributed by atoms with Crippen LogP contribution in [0.25, 0.3) is 0 Å². The van der Waals surface area contributed by atoms with Gasteiger partial charge in [0.15, 0.2) is 23.6 Å². The summed E-state index contributed by atoms with van der Waals surface area (Å²) in [6.45, 7) is -0.103. The Bertz CT molecular complexity index is 1100. The zero-order valence-electron chi connectivity index (χ0n) is 18.6. The van der Waals surface area contributed by atoms with Gasteiger partial charge in [-0.3, -0.25) is 14.4 Å². The van der Waals surface area contributed by atoms with Gasteiger partial charge in [-0.15, -0.1) is 0 Å². The first-order valence-electron chi connectivity index (χ1n) is 11.1. The predicted octanol–water partition coefficient (Wildman–Crippen LogP) is -2.98. The maximum Gasteiger partial charge on any atom is 0.270 e. The van der Waals surface area contributed by atoms with Crippen molar-refractivity contribution in [3.05, 3.63) is 34.9 Å². The summed E-state index contributed by atoms with van der Waals surface area (Å²) in [5, 5.41) is 28.4. The van der Waals surface area contributed by atoms with Crippen LogP contribution in [0, 0.1) is 0 Å². The van der Waals surface area contributed by atoms with Crippen LogP contribution in [0.1, 0.15) is 34.3 Å². The summed E-state index contributed by atoms with van der Waals surface area (Å²) in [4.78, 5) is 40.4. The second-order valence-electron chi connectivity index (χ2n) is 8.97. The maximum absolute atomic E-state index is 13.3. The van der Waals surface area contributed by atoms with Gasteiger partial charge >= 0.3 is 0 Å². The van der Waals surface area contributed by atoms with E-state index < -0.39 is 41.4 Å². The van der Waals surface area contributed by atoms with Gasteiger partial charge in [-0.25, -0.2) is 15.5 Å². The standard InChI is InChI=1S/C21H28N8O5/c1-34-28-17(31)14-15-20(27-18(22)26-15)21(32,33)13(9-29(20)19(23)25-14)24-16(30)12-8-4-6-10-5-2-3-7-11(10)12/h4,6,8,13-15,32-33H,2-3,5,7,9H2,1H3,(H2,23,25)(H,24,30)(H,28,31)(H3,22,26,27)/t13-,14+,15-,20-/m0/s1. The van der Waals surface area contributed by atoms with E-state index in [1.54, 1.807) is 6.07 Å². The van der Waals surface area contributed by atoms with Gasteiger partial charge in [0.1, 0.15) is 12.1 Å². The molecular formula is C21H28N8O5. The Morgan fingerprint density at radius 2 is 2.00 bits per heavy atom. The molecule has 5 rings (SSSR count). The van der Waals surface area contributed by atoms with Crippen LogP contribution >= 0.6 is 0 Å². The van der Waals surface area contributed by atoms with E-state index in [0.29, 0.717) is 5.56 Å². The minimum absolute atomic E-state index is 0.103. The van der Waals surface area contributed by atoms with Crippen LogP contribution < -0.4 is 27.6 Å². The van der Waals surface area contributed by atoms with Gasteiger partial charge in [0, 0.05) is 12.1 Å². The molecule has 9 N–H and O–H groups in total. The summed E-state index contributed by atoms with van der Waals surface area (Å²) in [5.74, 6) is -3.99. The van der Waals surface area contributed by atoms with Gasteiger partial charge in [-0.05, 0) is 42.9 Å². The molecule has 13 nitrogen and oxygen atoms in total. The molecule has 1 aromatic rings. The van der Waals surface area contributed by atoms with Crippen molar-refractivity contribution in [3.63, 3.8) is 0 Å². The molecule has 1 aliphatic carbocycles. The van der Waals surface area contributed by atoms with Gasteiger partial charge in [0.05, 0.1) is 7.11 Å². The first-order chi connectivity index (χ1) is 16.2. The number of aliphatic hydroxyl groups is 2. The fourth-order valence-electron chi connectivity index (χ4n) is 5.60. The van der Waals surface area contributed by atoms with Gasteiger partial charge < -0.3 is 37.2 Å². The van der Waals surface area contributed by atoms with Crippen LogP contribution in [0.15, 0.2) is 28.2 Å². The highest BCUT2D eigenvalue weighted by atomic mass is 16.6. The third-order valence-electron chi connectivity index (χ3n) is 7.13. The number of hydroxylamine groups is 1. The molecule has 0 aromatic heterocycles. The lowest BCUT2D eigenvalue weighted by molar-refractivity contribution is -0.230. The zero-order valence-corrected chi connectivity index (χ0v) is 18.6. The van der Waals surface area contributed by atoms with Gasteiger partial charge in [-0.1, -0.05) is 12.1 Å². The van der Waals surface area contributed by atoms with E-state index in [-0.39, 0.29) is 18.5 Å². The van der Waals surface area contributed by atoms with Crippen molar-refractivity contribution < 1.29 is 24.6 Å². The molecule has 3 aliphatic heterocycles. The molecule has 1 spiro atoms. The average Bonchev–Trinajstić information content (AvgIpc) is 3.27. The largest absolute Gasteiger partial charge is 0.370 e. The number of rotatable bonds is 4. The third-order valence-corrected chi connectivity index (χ3v) is 7.13. The average molecular weight is 473 g/mol. The Morgan fingerprint density at radius 1 is 1.24 bits per heavy atom. The van der Waals surface area contributed by atoms with Crippen LogP contribution in [-0.4, -0.2) is 82.1 Å². The molecule has 0 radical (unpaired) electrons. The number of nitrogens with two attached hydrogens (primary N) is 2. The van der Waals surface area contributed by atoms with E-state index in [0.717, 1.165) is 36.8 Å². The molecule has 1 fully saturated rings. The number of aryl methyl sites for hydroxylation is 1.